The Balaban J connectivity index is 2.42. The Hall–Kier alpha value is -0.370. The first-order valence-corrected chi connectivity index (χ1v) is 5.90. The zero-order valence-corrected chi connectivity index (χ0v) is 9.51. The second kappa shape index (κ2) is 4.92. The Bertz CT molecular complexity index is 202. The van der Waals surface area contributed by atoms with Crippen LogP contribution < -0.4 is 5.73 Å². The molecule has 0 aromatic rings. The van der Waals surface area contributed by atoms with Crippen LogP contribution in [0.2, 0.25) is 0 Å². The van der Waals surface area contributed by atoms with E-state index in [1.165, 1.54) is 6.42 Å². The first kappa shape index (κ1) is 11.7. The van der Waals surface area contributed by atoms with Gasteiger partial charge in [-0.25, -0.2) is 0 Å². The van der Waals surface area contributed by atoms with Gasteiger partial charge in [0.1, 0.15) is 5.78 Å². The average molecular weight is 197 g/mol. The molecule has 82 valence electrons. The summed E-state index contributed by atoms with van der Waals surface area (Å²) in [5.74, 6) is 0.399. The molecule has 2 nitrogen and oxygen atoms in total. The zero-order chi connectivity index (χ0) is 10.6. The number of hydrogen-bond donors (Lipinski definition) is 1. The zero-order valence-electron chi connectivity index (χ0n) is 9.51. The maximum absolute atomic E-state index is 12.0. The van der Waals surface area contributed by atoms with Crippen molar-refractivity contribution in [3.63, 3.8) is 0 Å². The third-order valence-electron chi connectivity index (χ3n) is 3.67. The number of Topliss-reactive ketones (excluding diaryl/α,β-unsaturated/α-hetero) is 1. The summed E-state index contributed by atoms with van der Waals surface area (Å²) in [6, 6.07) is 0.108. The largest absolute Gasteiger partial charge is 0.327 e. The lowest BCUT2D eigenvalue weighted by atomic mass is 9.79. The van der Waals surface area contributed by atoms with Gasteiger partial charge < -0.3 is 5.73 Å². The molecule has 2 atom stereocenters. The van der Waals surface area contributed by atoms with Crippen LogP contribution in [0.15, 0.2) is 0 Å². The molecule has 14 heavy (non-hydrogen) atoms. The van der Waals surface area contributed by atoms with Crippen molar-refractivity contribution in [2.75, 3.05) is 0 Å². The van der Waals surface area contributed by atoms with Crippen LogP contribution in [0.5, 0.6) is 0 Å². The molecule has 1 fully saturated rings. The van der Waals surface area contributed by atoms with E-state index in [2.05, 4.69) is 13.8 Å². The minimum atomic E-state index is -0.201. The Morgan fingerprint density at radius 3 is 2.71 bits per heavy atom. The molecular weight excluding hydrogens is 174 g/mol. The van der Waals surface area contributed by atoms with Crippen LogP contribution in [0.4, 0.5) is 0 Å². The maximum Gasteiger partial charge on any atom is 0.140 e. The number of carbonyl (C=O) groups is 1. The minimum absolute atomic E-state index is 0.108. The Kier molecular flexibility index (Phi) is 4.11. The van der Waals surface area contributed by atoms with Gasteiger partial charge in [-0.15, -0.1) is 0 Å². The van der Waals surface area contributed by atoms with Gasteiger partial charge in [0.05, 0.1) is 0 Å². The third-order valence-corrected chi connectivity index (χ3v) is 3.67. The SMILES string of the molecule is CCCCCC(=O)C1(C)CCCC1N. The van der Waals surface area contributed by atoms with E-state index in [4.69, 9.17) is 5.73 Å². The smallest absolute Gasteiger partial charge is 0.140 e. The molecule has 1 aliphatic carbocycles. The van der Waals surface area contributed by atoms with Gasteiger partial charge in [-0.1, -0.05) is 33.1 Å². The highest BCUT2D eigenvalue weighted by molar-refractivity contribution is 5.85. The molecule has 0 spiro atoms. The molecule has 1 rings (SSSR count). The van der Waals surface area contributed by atoms with Crippen molar-refractivity contribution in [1.82, 2.24) is 0 Å². The van der Waals surface area contributed by atoms with Crippen molar-refractivity contribution in [3.8, 4) is 0 Å². The van der Waals surface area contributed by atoms with Gasteiger partial charge in [0.2, 0.25) is 0 Å². The second-order valence-electron chi connectivity index (χ2n) is 4.80. The van der Waals surface area contributed by atoms with Crippen molar-refractivity contribution in [2.45, 2.75) is 64.8 Å². The van der Waals surface area contributed by atoms with E-state index >= 15 is 0 Å². The first-order chi connectivity index (χ1) is 6.61. The van der Waals surface area contributed by atoms with Gasteiger partial charge in [-0.05, 0) is 19.3 Å². The van der Waals surface area contributed by atoms with Crippen LogP contribution in [0.3, 0.4) is 0 Å². The molecule has 1 saturated carbocycles. The summed E-state index contributed by atoms with van der Waals surface area (Å²) >= 11 is 0. The summed E-state index contributed by atoms with van der Waals surface area (Å²) in [5, 5.41) is 0. The van der Waals surface area contributed by atoms with E-state index in [9.17, 15) is 4.79 Å². The monoisotopic (exact) mass is 197 g/mol. The van der Waals surface area contributed by atoms with Crippen LogP contribution in [0.25, 0.3) is 0 Å². The van der Waals surface area contributed by atoms with E-state index in [-0.39, 0.29) is 11.5 Å². The molecule has 0 bridgehead atoms. The normalized spacial score (nSPS) is 32.1. The van der Waals surface area contributed by atoms with E-state index in [1.54, 1.807) is 0 Å². The summed E-state index contributed by atoms with van der Waals surface area (Å²) in [7, 11) is 0. The van der Waals surface area contributed by atoms with Crippen LogP contribution in [0, 0.1) is 5.41 Å². The average Bonchev–Trinajstić information content (AvgIpc) is 2.49. The summed E-state index contributed by atoms with van der Waals surface area (Å²) in [6.45, 7) is 4.21. The van der Waals surface area contributed by atoms with Crippen molar-refractivity contribution in [3.05, 3.63) is 0 Å². The van der Waals surface area contributed by atoms with Gasteiger partial charge >= 0.3 is 0 Å². The van der Waals surface area contributed by atoms with Crippen LogP contribution in [-0.4, -0.2) is 11.8 Å². The number of hydrogen-bond acceptors (Lipinski definition) is 2. The second-order valence-corrected chi connectivity index (χ2v) is 4.80. The van der Waals surface area contributed by atoms with Crippen molar-refractivity contribution < 1.29 is 4.79 Å². The molecule has 0 aromatic carbocycles. The van der Waals surface area contributed by atoms with E-state index in [1.807, 2.05) is 0 Å². The van der Waals surface area contributed by atoms with Gasteiger partial charge in [0.15, 0.2) is 0 Å². The number of nitrogens with two attached hydrogens (primary N) is 1. The lowest BCUT2D eigenvalue weighted by molar-refractivity contribution is -0.128. The maximum atomic E-state index is 12.0. The Morgan fingerprint density at radius 1 is 1.50 bits per heavy atom. The third kappa shape index (κ3) is 2.35. The molecule has 0 saturated heterocycles. The highest BCUT2D eigenvalue weighted by Gasteiger charge is 2.41. The quantitative estimate of drug-likeness (QED) is 0.688. The molecule has 2 N–H and O–H groups in total. The van der Waals surface area contributed by atoms with Crippen LogP contribution >= 0.6 is 0 Å². The number of ketones is 1. The van der Waals surface area contributed by atoms with Gasteiger partial charge in [-0.2, -0.15) is 0 Å². The molecule has 0 amide bonds. The summed E-state index contributed by atoms with van der Waals surface area (Å²) in [6.07, 6.45) is 7.26. The van der Waals surface area contributed by atoms with Gasteiger partial charge in [0, 0.05) is 17.9 Å². The fourth-order valence-corrected chi connectivity index (χ4v) is 2.36. The molecule has 0 radical (unpaired) electrons. The molecule has 0 heterocycles. The highest BCUT2D eigenvalue weighted by atomic mass is 16.1. The van der Waals surface area contributed by atoms with Crippen molar-refractivity contribution >= 4 is 5.78 Å². The van der Waals surface area contributed by atoms with E-state index in [0.717, 1.165) is 38.5 Å². The number of rotatable bonds is 5. The van der Waals surface area contributed by atoms with Crippen LogP contribution in [-0.2, 0) is 4.79 Å². The molecule has 0 aromatic heterocycles. The molecular formula is C12H23NO. The fraction of sp³-hybridized carbons (Fsp3) is 0.917. The van der Waals surface area contributed by atoms with E-state index in [0.29, 0.717) is 5.78 Å². The fourth-order valence-electron chi connectivity index (χ4n) is 2.36. The molecule has 2 heteroatoms. The predicted octanol–water partition coefficient (Wildman–Crippen LogP) is 2.65. The minimum Gasteiger partial charge on any atom is -0.327 e. The van der Waals surface area contributed by atoms with Gasteiger partial charge in [-0.3, -0.25) is 4.79 Å². The summed E-state index contributed by atoms with van der Waals surface area (Å²) < 4.78 is 0. The molecule has 2 unspecified atom stereocenters. The first-order valence-electron chi connectivity index (χ1n) is 5.90. The molecule has 0 aliphatic heterocycles. The standard InChI is InChI=1S/C12H23NO/c1-3-4-5-8-11(14)12(2)9-6-7-10(12)13/h10H,3-9,13H2,1-2H3. The topological polar surface area (TPSA) is 43.1 Å². The lowest BCUT2D eigenvalue weighted by Gasteiger charge is -2.27. The summed E-state index contributed by atoms with van der Waals surface area (Å²) in [4.78, 5) is 12.0. The van der Waals surface area contributed by atoms with Gasteiger partial charge in [0.25, 0.3) is 0 Å². The van der Waals surface area contributed by atoms with Crippen molar-refractivity contribution in [2.24, 2.45) is 11.1 Å². The lowest BCUT2D eigenvalue weighted by Crippen LogP contribution is -2.41. The molecule has 1 aliphatic rings. The predicted molar refractivity (Wildman–Crippen MR) is 59.1 cm³/mol. The number of unbranched alkanes of at least 4 members (excludes halogenated alkanes) is 2. The van der Waals surface area contributed by atoms with Crippen molar-refractivity contribution in [1.29, 1.82) is 0 Å². The number of carbonyl (C=O) groups excluding carboxylic acids is 1. The Labute approximate surface area is 87.2 Å². The van der Waals surface area contributed by atoms with Crippen LogP contribution in [0.1, 0.15) is 58.8 Å². The van der Waals surface area contributed by atoms with E-state index < -0.39 is 0 Å². The highest BCUT2D eigenvalue weighted by Crippen LogP contribution is 2.38. The Morgan fingerprint density at radius 2 is 2.21 bits per heavy atom. The summed E-state index contributed by atoms with van der Waals surface area (Å²) in [5.41, 5.74) is 5.80.